The summed E-state index contributed by atoms with van der Waals surface area (Å²) in [6.45, 7) is 1.73. The van der Waals surface area contributed by atoms with E-state index in [1.165, 1.54) is 7.11 Å². The zero-order valence-electron chi connectivity index (χ0n) is 14.4. The molecule has 1 heterocycles. The van der Waals surface area contributed by atoms with Gasteiger partial charge in [-0.05, 0) is 24.6 Å². The van der Waals surface area contributed by atoms with Crippen molar-refractivity contribution in [2.24, 2.45) is 11.6 Å². The number of nitrogens with one attached hydrogen (secondary N) is 1. The van der Waals surface area contributed by atoms with Gasteiger partial charge in [-0.15, -0.1) is 0 Å². The molecule has 0 saturated carbocycles. The van der Waals surface area contributed by atoms with Gasteiger partial charge >= 0.3 is 0 Å². The average Bonchev–Trinajstić information content (AvgIpc) is 2.63. The number of hydrogen-bond acceptors (Lipinski definition) is 7. The van der Waals surface area contributed by atoms with E-state index in [-0.39, 0.29) is 17.2 Å². The summed E-state index contributed by atoms with van der Waals surface area (Å²) in [6.07, 6.45) is 0.954. The van der Waals surface area contributed by atoms with Crippen LogP contribution in [0.3, 0.4) is 0 Å². The first-order chi connectivity index (χ1) is 12.4. The Hall–Kier alpha value is -3.20. The molecule has 0 radical (unpaired) electrons. The lowest BCUT2D eigenvalue weighted by atomic mass is 10.2. The maximum atomic E-state index is 14.4. The standard InChI is InChI=1S/C17H20FN5O3/c1-3-11(9-24)23(20)17-14(18)8-13(15(19)25)16(22-17)21-10-5-4-6-12(7-10)26-2/h4-9,11H,3,20H2,1-2H3,(H2,19,25)(H,21,22)/t11-/m1/s1. The number of aldehydes is 1. The smallest absolute Gasteiger partial charge is 0.252 e. The van der Waals surface area contributed by atoms with Crippen molar-refractivity contribution in [1.29, 1.82) is 0 Å². The minimum Gasteiger partial charge on any atom is -0.497 e. The number of primary amides is 1. The normalized spacial score (nSPS) is 11.5. The number of methoxy groups -OCH3 is 1. The Morgan fingerprint density at radius 1 is 1.46 bits per heavy atom. The third kappa shape index (κ3) is 4.06. The highest BCUT2D eigenvalue weighted by atomic mass is 19.1. The molecule has 1 aromatic carbocycles. The van der Waals surface area contributed by atoms with Crippen LogP contribution in [-0.2, 0) is 4.79 Å². The molecule has 0 aliphatic carbocycles. The molecule has 26 heavy (non-hydrogen) atoms. The predicted molar refractivity (Wildman–Crippen MR) is 95.8 cm³/mol. The van der Waals surface area contributed by atoms with Crippen LogP contribution in [0.4, 0.5) is 21.7 Å². The van der Waals surface area contributed by atoms with Gasteiger partial charge in [-0.2, -0.15) is 0 Å². The average molecular weight is 361 g/mol. The fourth-order valence-electron chi connectivity index (χ4n) is 2.30. The van der Waals surface area contributed by atoms with Crippen molar-refractivity contribution in [3.63, 3.8) is 0 Å². The summed E-state index contributed by atoms with van der Waals surface area (Å²) in [5.41, 5.74) is 5.71. The van der Waals surface area contributed by atoms with Gasteiger partial charge in [0.05, 0.1) is 12.7 Å². The second-order valence-corrected chi connectivity index (χ2v) is 5.43. The van der Waals surface area contributed by atoms with Crippen LogP contribution in [0.15, 0.2) is 30.3 Å². The van der Waals surface area contributed by atoms with Gasteiger partial charge < -0.3 is 20.6 Å². The van der Waals surface area contributed by atoms with Gasteiger partial charge in [0.15, 0.2) is 11.6 Å². The number of carbonyl (C=O) groups is 2. The van der Waals surface area contributed by atoms with Gasteiger partial charge in [0, 0.05) is 11.8 Å². The first kappa shape index (κ1) is 19.1. The van der Waals surface area contributed by atoms with Gasteiger partial charge in [0.1, 0.15) is 23.9 Å². The first-order valence-electron chi connectivity index (χ1n) is 7.81. The summed E-state index contributed by atoms with van der Waals surface area (Å²) in [5.74, 6) is 4.41. The van der Waals surface area contributed by atoms with Gasteiger partial charge in [-0.1, -0.05) is 13.0 Å². The fourth-order valence-corrected chi connectivity index (χ4v) is 2.30. The third-order valence-electron chi connectivity index (χ3n) is 3.73. The number of nitrogens with two attached hydrogens (primary N) is 2. The largest absolute Gasteiger partial charge is 0.497 e. The Labute approximate surface area is 149 Å². The van der Waals surface area contributed by atoms with Crippen LogP contribution in [0.1, 0.15) is 23.7 Å². The lowest BCUT2D eigenvalue weighted by Gasteiger charge is -2.24. The van der Waals surface area contributed by atoms with Crippen molar-refractivity contribution in [3.8, 4) is 5.75 Å². The minimum atomic E-state index is -0.863. The molecule has 1 aromatic heterocycles. The molecule has 8 nitrogen and oxygen atoms in total. The van der Waals surface area contributed by atoms with Crippen LogP contribution in [-0.4, -0.2) is 30.3 Å². The van der Waals surface area contributed by atoms with E-state index >= 15 is 0 Å². The number of nitrogens with zero attached hydrogens (tertiary/aromatic N) is 2. The Kier molecular flexibility index (Phi) is 6.07. The van der Waals surface area contributed by atoms with E-state index in [2.05, 4.69) is 10.3 Å². The highest BCUT2D eigenvalue weighted by Gasteiger charge is 2.22. The molecule has 0 fully saturated rings. The monoisotopic (exact) mass is 361 g/mol. The zero-order valence-corrected chi connectivity index (χ0v) is 14.4. The number of aromatic nitrogens is 1. The van der Waals surface area contributed by atoms with Crippen LogP contribution in [0.2, 0.25) is 0 Å². The van der Waals surface area contributed by atoms with Gasteiger partial charge in [-0.25, -0.2) is 15.2 Å². The number of pyridine rings is 1. The fraction of sp³-hybridized carbons (Fsp3) is 0.235. The van der Waals surface area contributed by atoms with Crippen molar-refractivity contribution in [3.05, 3.63) is 41.7 Å². The molecule has 0 aliphatic rings. The van der Waals surface area contributed by atoms with E-state index in [1.807, 2.05) is 0 Å². The number of carbonyl (C=O) groups excluding carboxylic acids is 2. The molecule has 1 amide bonds. The van der Waals surface area contributed by atoms with E-state index in [4.69, 9.17) is 16.3 Å². The number of amides is 1. The second kappa shape index (κ2) is 8.26. The topological polar surface area (TPSA) is 124 Å². The highest BCUT2D eigenvalue weighted by molar-refractivity contribution is 5.98. The minimum absolute atomic E-state index is 0.0124. The van der Waals surface area contributed by atoms with Gasteiger partial charge in [0.25, 0.3) is 5.91 Å². The number of halogens is 1. The molecule has 9 heteroatoms. The Morgan fingerprint density at radius 2 is 2.19 bits per heavy atom. The summed E-state index contributed by atoms with van der Waals surface area (Å²) >= 11 is 0. The Balaban J connectivity index is 2.49. The summed E-state index contributed by atoms with van der Waals surface area (Å²) in [6, 6.07) is 7.01. The summed E-state index contributed by atoms with van der Waals surface area (Å²) in [4.78, 5) is 26.8. The molecule has 1 atom stereocenters. The first-order valence-corrected chi connectivity index (χ1v) is 7.81. The number of anilines is 3. The lowest BCUT2D eigenvalue weighted by Crippen LogP contribution is -2.43. The van der Waals surface area contributed by atoms with Crippen LogP contribution >= 0.6 is 0 Å². The Bertz CT molecular complexity index is 815. The molecule has 0 aliphatic heterocycles. The van der Waals surface area contributed by atoms with E-state index in [0.717, 1.165) is 11.1 Å². The summed E-state index contributed by atoms with van der Waals surface area (Å²) in [5, 5.41) is 3.82. The summed E-state index contributed by atoms with van der Waals surface area (Å²) < 4.78 is 19.5. The number of rotatable bonds is 8. The van der Waals surface area contributed by atoms with Crippen molar-refractivity contribution in [1.82, 2.24) is 4.98 Å². The molecule has 2 rings (SSSR count). The molecule has 0 saturated heterocycles. The molecular formula is C17H20FN5O3. The Morgan fingerprint density at radius 3 is 2.77 bits per heavy atom. The number of ether oxygens (including phenoxy) is 1. The SMILES string of the molecule is CC[C@H](C=O)N(N)c1nc(Nc2cccc(OC)c2)c(C(N)=O)cc1F. The third-order valence-corrected chi connectivity index (χ3v) is 3.73. The van der Waals surface area contributed by atoms with Crippen LogP contribution in [0.25, 0.3) is 0 Å². The molecule has 138 valence electrons. The molecule has 5 N–H and O–H groups in total. The highest BCUT2D eigenvalue weighted by Crippen LogP contribution is 2.27. The van der Waals surface area contributed by atoms with E-state index in [9.17, 15) is 14.0 Å². The van der Waals surface area contributed by atoms with Gasteiger partial charge in [0.2, 0.25) is 0 Å². The van der Waals surface area contributed by atoms with Crippen LogP contribution in [0, 0.1) is 5.82 Å². The molecule has 0 bridgehead atoms. The van der Waals surface area contributed by atoms with Crippen LogP contribution in [0.5, 0.6) is 5.75 Å². The summed E-state index contributed by atoms with van der Waals surface area (Å²) in [7, 11) is 1.51. The molecule has 0 unspecified atom stereocenters. The van der Waals surface area contributed by atoms with Gasteiger partial charge in [-0.3, -0.25) is 9.80 Å². The van der Waals surface area contributed by atoms with Crippen molar-refractivity contribution in [2.75, 3.05) is 17.4 Å². The lowest BCUT2D eigenvalue weighted by molar-refractivity contribution is -0.109. The quantitative estimate of drug-likeness (QED) is 0.371. The molecule has 2 aromatic rings. The second-order valence-electron chi connectivity index (χ2n) is 5.43. The maximum absolute atomic E-state index is 14.4. The maximum Gasteiger partial charge on any atom is 0.252 e. The predicted octanol–water partition coefficient (Wildman–Crippen LogP) is 1.73. The van der Waals surface area contributed by atoms with E-state index in [1.54, 1.807) is 31.2 Å². The molecular weight excluding hydrogens is 341 g/mol. The zero-order chi connectivity index (χ0) is 19.3. The number of hydrogen-bond donors (Lipinski definition) is 3. The van der Waals surface area contributed by atoms with Crippen molar-refractivity contribution < 1.29 is 18.7 Å². The van der Waals surface area contributed by atoms with E-state index < -0.39 is 17.8 Å². The van der Waals surface area contributed by atoms with Crippen molar-refractivity contribution >= 4 is 29.5 Å². The number of benzene rings is 1. The van der Waals surface area contributed by atoms with Crippen molar-refractivity contribution in [2.45, 2.75) is 19.4 Å². The van der Waals surface area contributed by atoms with Crippen LogP contribution < -0.4 is 26.6 Å². The van der Waals surface area contributed by atoms with E-state index in [0.29, 0.717) is 24.1 Å². The number of hydrazine groups is 1. The molecule has 0 spiro atoms.